The number of benzene rings is 2. The topological polar surface area (TPSA) is 23.6 Å². The van der Waals surface area contributed by atoms with Gasteiger partial charge in [-0.05, 0) is 36.4 Å². The zero-order chi connectivity index (χ0) is 17.2. The lowest BCUT2D eigenvalue weighted by Gasteiger charge is -2.25. The van der Waals surface area contributed by atoms with Crippen LogP contribution < -0.4 is 0 Å². The van der Waals surface area contributed by atoms with Crippen molar-refractivity contribution in [2.75, 3.05) is 33.2 Å². The van der Waals surface area contributed by atoms with E-state index >= 15 is 0 Å². The predicted molar refractivity (Wildman–Crippen MR) is 100 cm³/mol. The van der Waals surface area contributed by atoms with Gasteiger partial charge in [-0.1, -0.05) is 60.7 Å². The molecular formula is C22H26N2O. The van der Waals surface area contributed by atoms with E-state index in [2.05, 4.69) is 53.2 Å². The lowest BCUT2D eigenvalue weighted by molar-refractivity contribution is -0.132. The van der Waals surface area contributed by atoms with Crippen LogP contribution in [0, 0.1) is 11.8 Å². The van der Waals surface area contributed by atoms with Crippen molar-refractivity contribution in [3.63, 3.8) is 0 Å². The van der Waals surface area contributed by atoms with Gasteiger partial charge in [0.15, 0.2) is 0 Å². The molecule has 0 saturated carbocycles. The lowest BCUT2D eigenvalue weighted by atomic mass is 9.90. The summed E-state index contributed by atoms with van der Waals surface area (Å²) >= 11 is 0. The highest BCUT2D eigenvalue weighted by molar-refractivity contribution is 5.84. The number of carbonyl (C=O) groups excluding carboxylic acids is 1. The first-order chi connectivity index (χ1) is 12.2. The van der Waals surface area contributed by atoms with E-state index in [1.165, 1.54) is 5.56 Å². The molecule has 2 aromatic carbocycles. The minimum atomic E-state index is -0.0832. The molecule has 2 aliphatic rings. The lowest BCUT2D eigenvalue weighted by Crippen LogP contribution is -2.36. The first kappa shape index (κ1) is 16.3. The summed E-state index contributed by atoms with van der Waals surface area (Å²) in [5, 5.41) is 0. The second kappa shape index (κ2) is 7.01. The number of hydrogen-bond donors (Lipinski definition) is 0. The van der Waals surface area contributed by atoms with E-state index in [0.29, 0.717) is 17.7 Å². The molecule has 4 rings (SSSR count). The Hall–Kier alpha value is -2.13. The van der Waals surface area contributed by atoms with E-state index in [0.717, 1.165) is 38.2 Å². The number of amides is 1. The highest BCUT2D eigenvalue weighted by Gasteiger charge is 2.41. The maximum absolute atomic E-state index is 13.4. The normalized spacial score (nSPS) is 24.3. The molecule has 0 bridgehead atoms. The van der Waals surface area contributed by atoms with E-state index in [9.17, 15) is 4.79 Å². The fraction of sp³-hybridized carbons (Fsp3) is 0.409. The Kier molecular flexibility index (Phi) is 4.58. The Morgan fingerprint density at radius 1 is 0.920 bits per heavy atom. The molecule has 0 spiro atoms. The van der Waals surface area contributed by atoms with Crippen LogP contribution in [-0.4, -0.2) is 48.9 Å². The minimum Gasteiger partial charge on any atom is -0.341 e. The molecular weight excluding hydrogens is 308 g/mol. The second-order valence-corrected chi connectivity index (χ2v) is 7.64. The molecule has 0 aromatic heterocycles. The zero-order valence-electron chi connectivity index (χ0n) is 14.8. The number of hydrogen-bond acceptors (Lipinski definition) is 2. The Morgan fingerprint density at radius 2 is 1.48 bits per heavy atom. The van der Waals surface area contributed by atoms with Crippen LogP contribution in [0.4, 0.5) is 0 Å². The Balaban J connectivity index is 1.55. The van der Waals surface area contributed by atoms with E-state index in [-0.39, 0.29) is 5.92 Å². The van der Waals surface area contributed by atoms with Crippen LogP contribution in [0.25, 0.3) is 0 Å². The molecule has 0 radical (unpaired) electrons. The van der Waals surface area contributed by atoms with Gasteiger partial charge in [0.25, 0.3) is 0 Å². The number of fused-ring (bicyclic) bond motifs is 1. The molecule has 3 nitrogen and oxygen atoms in total. The molecule has 1 unspecified atom stereocenters. The summed E-state index contributed by atoms with van der Waals surface area (Å²) in [7, 11) is 2.19. The third-order valence-corrected chi connectivity index (χ3v) is 5.76. The summed E-state index contributed by atoms with van der Waals surface area (Å²) in [6.07, 6.45) is 0.773. The smallest absolute Gasteiger partial charge is 0.230 e. The van der Waals surface area contributed by atoms with Crippen molar-refractivity contribution in [3.8, 4) is 0 Å². The molecule has 1 amide bonds. The standard InChI is InChI=1S/C22H26N2O/c1-23-13-19-15-24(16-20(19)14-23)22(25)21(18-10-6-3-7-11-18)12-17-8-4-2-5-9-17/h2-11,19-21H,12-16H2,1H3/t19-,20+,21?. The van der Waals surface area contributed by atoms with Crippen LogP contribution in [0.1, 0.15) is 17.0 Å². The fourth-order valence-corrected chi connectivity index (χ4v) is 4.51. The highest BCUT2D eigenvalue weighted by Crippen LogP contribution is 2.33. The van der Waals surface area contributed by atoms with Crippen molar-refractivity contribution in [3.05, 3.63) is 71.8 Å². The Morgan fingerprint density at radius 3 is 2.08 bits per heavy atom. The number of likely N-dealkylation sites (tertiary alicyclic amines) is 2. The Bertz CT molecular complexity index is 701. The molecule has 2 fully saturated rings. The average Bonchev–Trinajstić information content (AvgIpc) is 3.18. The van der Waals surface area contributed by atoms with Crippen LogP contribution in [0.3, 0.4) is 0 Å². The molecule has 2 aliphatic heterocycles. The van der Waals surface area contributed by atoms with Gasteiger partial charge in [0.1, 0.15) is 0 Å². The van der Waals surface area contributed by atoms with E-state index in [4.69, 9.17) is 0 Å². The van der Waals surface area contributed by atoms with Crippen LogP contribution >= 0.6 is 0 Å². The van der Waals surface area contributed by atoms with Crippen LogP contribution in [0.2, 0.25) is 0 Å². The molecule has 2 saturated heterocycles. The third-order valence-electron chi connectivity index (χ3n) is 5.76. The molecule has 3 atom stereocenters. The van der Waals surface area contributed by atoms with E-state index < -0.39 is 0 Å². The quantitative estimate of drug-likeness (QED) is 0.858. The van der Waals surface area contributed by atoms with Gasteiger partial charge in [0.2, 0.25) is 5.91 Å². The van der Waals surface area contributed by atoms with Crippen molar-refractivity contribution in [1.29, 1.82) is 0 Å². The second-order valence-electron chi connectivity index (χ2n) is 7.64. The van der Waals surface area contributed by atoms with Gasteiger partial charge in [0.05, 0.1) is 5.92 Å². The highest BCUT2D eigenvalue weighted by atomic mass is 16.2. The van der Waals surface area contributed by atoms with Crippen molar-refractivity contribution < 1.29 is 4.79 Å². The Labute approximate surface area is 150 Å². The van der Waals surface area contributed by atoms with Crippen LogP contribution in [0.15, 0.2) is 60.7 Å². The van der Waals surface area contributed by atoms with Crippen LogP contribution in [0.5, 0.6) is 0 Å². The van der Waals surface area contributed by atoms with Gasteiger partial charge in [-0.2, -0.15) is 0 Å². The number of rotatable bonds is 4. The van der Waals surface area contributed by atoms with Crippen molar-refractivity contribution >= 4 is 5.91 Å². The summed E-state index contributed by atoms with van der Waals surface area (Å²) in [4.78, 5) is 17.9. The molecule has 2 heterocycles. The maximum Gasteiger partial charge on any atom is 0.230 e. The summed E-state index contributed by atoms with van der Waals surface area (Å²) in [5.74, 6) is 1.52. The average molecular weight is 334 g/mol. The summed E-state index contributed by atoms with van der Waals surface area (Å²) in [6.45, 7) is 4.10. The van der Waals surface area contributed by atoms with Crippen molar-refractivity contribution in [2.24, 2.45) is 11.8 Å². The first-order valence-electron chi connectivity index (χ1n) is 9.27. The summed E-state index contributed by atoms with van der Waals surface area (Å²) in [6, 6.07) is 20.7. The van der Waals surface area contributed by atoms with Crippen LogP contribution in [-0.2, 0) is 11.2 Å². The molecule has 3 heteroatoms. The molecule has 0 aliphatic carbocycles. The van der Waals surface area contributed by atoms with Gasteiger partial charge in [-0.3, -0.25) is 4.79 Å². The largest absolute Gasteiger partial charge is 0.341 e. The third kappa shape index (κ3) is 3.47. The SMILES string of the molecule is CN1C[C@@H]2CN(C(=O)C(Cc3ccccc3)c3ccccc3)C[C@@H]2C1. The summed E-state index contributed by atoms with van der Waals surface area (Å²) in [5.41, 5.74) is 2.36. The fourth-order valence-electron chi connectivity index (χ4n) is 4.51. The maximum atomic E-state index is 13.4. The van der Waals surface area contributed by atoms with E-state index in [1.807, 2.05) is 24.3 Å². The van der Waals surface area contributed by atoms with Gasteiger partial charge in [-0.15, -0.1) is 0 Å². The molecule has 0 N–H and O–H groups in total. The molecule has 25 heavy (non-hydrogen) atoms. The van der Waals surface area contributed by atoms with Crippen molar-refractivity contribution in [1.82, 2.24) is 9.80 Å². The zero-order valence-corrected chi connectivity index (χ0v) is 14.8. The number of carbonyl (C=O) groups is 1. The molecule has 130 valence electrons. The van der Waals surface area contributed by atoms with Gasteiger partial charge >= 0.3 is 0 Å². The minimum absolute atomic E-state index is 0.0832. The van der Waals surface area contributed by atoms with Gasteiger partial charge in [0, 0.05) is 26.2 Å². The van der Waals surface area contributed by atoms with Gasteiger partial charge in [-0.25, -0.2) is 0 Å². The first-order valence-corrected chi connectivity index (χ1v) is 9.27. The van der Waals surface area contributed by atoms with Crippen molar-refractivity contribution in [2.45, 2.75) is 12.3 Å². The van der Waals surface area contributed by atoms with E-state index in [1.54, 1.807) is 0 Å². The number of nitrogens with zero attached hydrogens (tertiary/aromatic N) is 2. The molecule has 2 aromatic rings. The monoisotopic (exact) mass is 334 g/mol. The van der Waals surface area contributed by atoms with Gasteiger partial charge < -0.3 is 9.80 Å². The predicted octanol–water partition coefficient (Wildman–Crippen LogP) is 3.03. The summed E-state index contributed by atoms with van der Waals surface area (Å²) < 4.78 is 0.